The highest BCUT2D eigenvalue weighted by Gasteiger charge is 2.68. The molecule has 4 saturated heterocycles. The van der Waals surface area contributed by atoms with Gasteiger partial charge >= 0.3 is 0 Å². The van der Waals surface area contributed by atoms with E-state index in [1.54, 1.807) is 0 Å². The molecule has 254 valence electrons. The summed E-state index contributed by atoms with van der Waals surface area (Å²) >= 11 is 1.97. The molecule has 8 rings (SSSR count). The van der Waals surface area contributed by atoms with Gasteiger partial charge in [-0.25, -0.2) is 0 Å². The summed E-state index contributed by atoms with van der Waals surface area (Å²) in [6.45, 7) is 8.63. The Morgan fingerprint density at radius 2 is 1.50 bits per heavy atom. The molecule has 8 atom stereocenters. The minimum atomic E-state index is -2.66. The maximum absolute atomic E-state index is 7.28. The van der Waals surface area contributed by atoms with Crippen molar-refractivity contribution in [2.75, 3.05) is 19.0 Å². The van der Waals surface area contributed by atoms with Crippen LogP contribution in [0.5, 0.6) is 0 Å². The van der Waals surface area contributed by atoms with E-state index in [0.717, 1.165) is 31.4 Å². The van der Waals surface area contributed by atoms with Crippen LogP contribution in [0.2, 0.25) is 5.04 Å². The second-order valence-electron chi connectivity index (χ2n) is 15.1. The van der Waals surface area contributed by atoms with Crippen molar-refractivity contribution in [1.29, 1.82) is 0 Å². The van der Waals surface area contributed by atoms with Gasteiger partial charge in [-0.15, -0.1) is 0 Å². The molecule has 0 unspecified atom stereocenters. The predicted octanol–water partition coefficient (Wildman–Crippen LogP) is 6.62. The third-order valence-electron chi connectivity index (χ3n) is 10.9. The number of hydrogen-bond donors (Lipinski definition) is 0. The van der Waals surface area contributed by atoms with Gasteiger partial charge in [-0.3, -0.25) is 0 Å². The fraction of sp³-hybridized carbons (Fsp3) is 0.500. The Kier molecular flexibility index (Phi) is 9.00. The molecule has 0 N–H and O–H groups in total. The highest BCUT2D eigenvalue weighted by Crippen LogP contribution is 2.60. The van der Waals surface area contributed by atoms with E-state index in [-0.39, 0.29) is 40.6 Å². The van der Waals surface area contributed by atoms with Crippen LogP contribution < -0.4 is 10.4 Å². The van der Waals surface area contributed by atoms with Gasteiger partial charge in [0.2, 0.25) is 0 Å². The highest BCUT2D eigenvalue weighted by atomic mass is 32.2. The topological polar surface area (TPSA) is 55.4 Å². The van der Waals surface area contributed by atoms with Crippen LogP contribution in [-0.4, -0.2) is 68.5 Å². The summed E-state index contributed by atoms with van der Waals surface area (Å²) in [7, 11) is -2.66. The maximum Gasteiger partial charge on any atom is 0.261 e. The van der Waals surface area contributed by atoms with Crippen molar-refractivity contribution in [2.24, 2.45) is 5.92 Å². The highest BCUT2D eigenvalue weighted by molar-refractivity contribution is 8.00. The fourth-order valence-electron chi connectivity index (χ4n) is 8.74. The van der Waals surface area contributed by atoms with Gasteiger partial charge in [-0.2, -0.15) is 11.8 Å². The molecule has 5 aliphatic rings. The van der Waals surface area contributed by atoms with E-state index in [9.17, 15) is 0 Å². The second-order valence-corrected chi connectivity index (χ2v) is 20.7. The molecule has 0 saturated carbocycles. The molecule has 3 aromatic rings. The number of hydrogen-bond acceptors (Lipinski definition) is 7. The molecule has 6 nitrogen and oxygen atoms in total. The summed E-state index contributed by atoms with van der Waals surface area (Å²) < 4.78 is 41.0. The average Bonchev–Trinajstić information content (AvgIpc) is 3.72. The fourth-order valence-corrected chi connectivity index (χ4v) is 15.0. The third kappa shape index (κ3) is 5.96. The van der Waals surface area contributed by atoms with Crippen molar-refractivity contribution in [3.05, 3.63) is 109 Å². The van der Waals surface area contributed by atoms with E-state index >= 15 is 0 Å². The molecule has 0 amide bonds. The maximum atomic E-state index is 7.28. The van der Waals surface area contributed by atoms with Gasteiger partial charge < -0.3 is 28.1 Å². The van der Waals surface area contributed by atoms with Gasteiger partial charge in [0.25, 0.3) is 8.32 Å². The molecule has 0 aliphatic carbocycles. The van der Waals surface area contributed by atoms with Crippen LogP contribution in [0.15, 0.2) is 103 Å². The van der Waals surface area contributed by atoms with E-state index in [2.05, 4.69) is 106 Å². The van der Waals surface area contributed by atoms with Gasteiger partial charge in [0.1, 0.15) is 0 Å². The van der Waals surface area contributed by atoms with Crippen LogP contribution >= 0.6 is 11.8 Å². The van der Waals surface area contributed by atoms with E-state index in [1.807, 2.05) is 30.0 Å². The summed E-state index contributed by atoms with van der Waals surface area (Å²) in [5.41, 5.74) is 1.17. The smallest absolute Gasteiger partial charge is 0.261 e. The number of thioether (sulfide) groups is 1. The van der Waals surface area contributed by atoms with Gasteiger partial charge in [-0.1, -0.05) is 118 Å². The zero-order valence-corrected chi connectivity index (χ0v) is 30.1. The van der Waals surface area contributed by atoms with E-state index in [1.165, 1.54) is 15.9 Å². The van der Waals surface area contributed by atoms with Crippen LogP contribution in [0.4, 0.5) is 0 Å². The second kappa shape index (κ2) is 13.1. The monoisotopic (exact) mass is 684 g/mol. The van der Waals surface area contributed by atoms with Crippen LogP contribution in [0.3, 0.4) is 0 Å². The number of benzene rings is 3. The molecule has 48 heavy (non-hydrogen) atoms. The molecular formula is C40H48O6SSi. The third-order valence-corrected chi connectivity index (χ3v) is 17.4. The minimum absolute atomic E-state index is 0.0251. The molecule has 0 aromatic heterocycles. The van der Waals surface area contributed by atoms with Gasteiger partial charge in [0.15, 0.2) is 11.6 Å². The zero-order valence-electron chi connectivity index (χ0n) is 28.3. The first-order valence-electron chi connectivity index (χ1n) is 17.7. The first-order valence-corrected chi connectivity index (χ1v) is 20.6. The van der Waals surface area contributed by atoms with Crippen LogP contribution in [0.1, 0.15) is 52.0 Å². The SMILES string of the molecule is CC(C)(C)[Si](OC[C@@H]1C[C@H]2O[C@]34O[C@]5(C=CC[C@H](COCc6ccccc6)O5)C[C@H]3SC[C@@H]4C[C@H]2O1)(c1ccccc1)c1ccccc1. The number of fused-ring (bicyclic) bond motifs is 1. The Labute approximate surface area is 290 Å². The lowest BCUT2D eigenvalue weighted by Gasteiger charge is -2.45. The van der Waals surface area contributed by atoms with E-state index in [4.69, 9.17) is 28.1 Å². The molecule has 2 spiro atoms. The molecule has 3 aromatic carbocycles. The summed E-state index contributed by atoms with van der Waals surface area (Å²) in [4.78, 5) is 0. The van der Waals surface area contributed by atoms with Crippen LogP contribution in [0, 0.1) is 5.92 Å². The normalized spacial score (nSPS) is 34.2. The van der Waals surface area contributed by atoms with Crippen molar-refractivity contribution in [3.8, 4) is 0 Å². The molecule has 0 radical (unpaired) electrons. The first kappa shape index (κ1) is 32.9. The Morgan fingerprint density at radius 3 is 2.19 bits per heavy atom. The van der Waals surface area contributed by atoms with Gasteiger partial charge in [0.05, 0.1) is 49.5 Å². The zero-order chi connectivity index (χ0) is 32.8. The summed E-state index contributed by atoms with van der Waals surface area (Å²) in [5.74, 6) is -0.145. The van der Waals surface area contributed by atoms with Crippen molar-refractivity contribution in [2.45, 2.75) is 99.3 Å². The van der Waals surface area contributed by atoms with Gasteiger partial charge in [-0.05, 0) is 39.9 Å². The first-order chi connectivity index (χ1) is 23.3. The van der Waals surface area contributed by atoms with Crippen LogP contribution in [-0.2, 0) is 34.7 Å². The van der Waals surface area contributed by atoms with E-state index < -0.39 is 19.9 Å². The van der Waals surface area contributed by atoms with Crippen molar-refractivity contribution in [3.63, 3.8) is 0 Å². The quantitative estimate of drug-likeness (QED) is 0.186. The molecule has 4 fully saturated rings. The summed E-state index contributed by atoms with van der Waals surface area (Å²) in [6.07, 6.45) is 7.64. The van der Waals surface area contributed by atoms with Crippen molar-refractivity contribution < 1.29 is 28.1 Å². The Morgan fingerprint density at radius 1 is 0.812 bits per heavy atom. The van der Waals surface area contributed by atoms with Crippen LogP contribution in [0.25, 0.3) is 0 Å². The van der Waals surface area contributed by atoms with Gasteiger partial charge in [0, 0.05) is 24.5 Å². The Bertz CT molecular complexity index is 1530. The molecular weight excluding hydrogens is 637 g/mol. The molecule has 5 aliphatic heterocycles. The minimum Gasteiger partial charge on any atom is -0.405 e. The molecule has 8 heteroatoms. The number of ether oxygens (including phenoxy) is 5. The summed E-state index contributed by atoms with van der Waals surface area (Å²) in [6, 6.07) is 32.0. The lowest BCUT2D eigenvalue weighted by Crippen LogP contribution is -2.67. The lowest BCUT2D eigenvalue weighted by atomic mass is 9.86. The van der Waals surface area contributed by atoms with Crippen molar-refractivity contribution >= 4 is 30.5 Å². The Hall–Kier alpha value is -2.27. The van der Waals surface area contributed by atoms with Crippen molar-refractivity contribution in [1.82, 2.24) is 0 Å². The standard InChI is InChI=1S/C40H48O6SSi/c1-38(2,3)48(33-17-9-5-10-18-33,34-19-11-6-12-20-34)42-27-32-23-36-35(43-32)22-30-28-47-37-24-39(46-40(30,37)45-36)21-13-16-31(44-39)26-41-25-29-14-7-4-8-15-29/h4-15,17-21,30-32,35-37H,16,22-28H2,1-3H3/t30-,31+,32-,35+,36+,37+,39+,40+/m0/s1. The summed E-state index contributed by atoms with van der Waals surface area (Å²) in [5, 5.41) is 2.72. The lowest BCUT2D eigenvalue weighted by molar-refractivity contribution is -0.355. The molecule has 5 heterocycles. The number of rotatable bonds is 9. The largest absolute Gasteiger partial charge is 0.405 e. The average molecular weight is 685 g/mol. The van der Waals surface area contributed by atoms with E-state index in [0.29, 0.717) is 19.8 Å². The molecule has 0 bridgehead atoms. The predicted molar refractivity (Wildman–Crippen MR) is 192 cm³/mol. The Balaban J connectivity index is 0.950.